The molecule has 0 saturated heterocycles. The predicted molar refractivity (Wildman–Crippen MR) is 78.9 cm³/mol. The summed E-state index contributed by atoms with van der Waals surface area (Å²) >= 11 is 0. The molecule has 0 fully saturated rings. The first kappa shape index (κ1) is 12.3. The van der Waals surface area contributed by atoms with Gasteiger partial charge in [0.1, 0.15) is 0 Å². The molecule has 1 aliphatic carbocycles. The fourth-order valence-corrected chi connectivity index (χ4v) is 3.46. The van der Waals surface area contributed by atoms with E-state index in [1.54, 1.807) is 14.2 Å². The van der Waals surface area contributed by atoms with E-state index in [0.29, 0.717) is 17.1 Å². The first-order valence-corrected chi connectivity index (χ1v) is 6.92. The zero-order valence-corrected chi connectivity index (χ0v) is 11.9. The molecular formula is C17H15NO3. The van der Waals surface area contributed by atoms with Crippen molar-refractivity contribution in [3.63, 3.8) is 0 Å². The van der Waals surface area contributed by atoms with Crippen LogP contribution in [0.1, 0.15) is 27.5 Å². The Morgan fingerprint density at radius 1 is 1.14 bits per heavy atom. The molecule has 0 bridgehead atoms. The summed E-state index contributed by atoms with van der Waals surface area (Å²) in [6.45, 7) is 0. The Labute approximate surface area is 122 Å². The van der Waals surface area contributed by atoms with Crippen molar-refractivity contribution in [3.8, 4) is 22.6 Å². The van der Waals surface area contributed by atoms with E-state index in [2.05, 4.69) is 17.4 Å². The maximum Gasteiger partial charge on any atom is 0.256 e. The molecule has 106 valence electrons. The molecule has 2 aromatic rings. The van der Waals surface area contributed by atoms with Crippen molar-refractivity contribution in [2.75, 3.05) is 14.2 Å². The van der Waals surface area contributed by atoms with E-state index < -0.39 is 0 Å². The molecule has 1 aliphatic heterocycles. The molecular weight excluding hydrogens is 266 g/mol. The average molecular weight is 281 g/mol. The minimum Gasteiger partial charge on any atom is -0.493 e. The third-order valence-corrected chi connectivity index (χ3v) is 4.32. The lowest BCUT2D eigenvalue weighted by molar-refractivity contribution is 0.0953. The summed E-state index contributed by atoms with van der Waals surface area (Å²) in [5, 5.41) is 3.05. The Morgan fingerprint density at radius 3 is 2.71 bits per heavy atom. The molecule has 4 nitrogen and oxygen atoms in total. The van der Waals surface area contributed by atoms with Crippen molar-refractivity contribution < 1.29 is 14.3 Å². The highest BCUT2D eigenvalue weighted by molar-refractivity contribution is 6.05. The maximum absolute atomic E-state index is 12.4. The van der Waals surface area contributed by atoms with Gasteiger partial charge in [-0.05, 0) is 34.7 Å². The second-order valence-electron chi connectivity index (χ2n) is 5.34. The number of carbonyl (C=O) groups is 1. The molecule has 0 unspecified atom stereocenters. The molecule has 21 heavy (non-hydrogen) atoms. The van der Waals surface area contributed by atoms with Gasteiger partial charge in [0.05, 0.1) is 25.8 Å². The second kappa shape index (κ2) is 4.25. The van der Waals surface area contributed by atoms with Gasteiger partial charge in [-0.25, -0.2) is 0 Å². The van der Waals surface area contributed by atoms with Crippen LogP contribution >= 0.6 is 0 Å². The second-order valence-corrected chi connectivity index (χ2v) is 5.34. The van der Waals surface area contributed by atoms with Crippen LogP contribution in [0.4, 0.5) is 0 Å². The monoisotopic (exact) mass is 281 g/mol. The fraction of sp³-hybridized carbons (Fsp3) is 0.235. The van der Waals surface area contributed by atoms with E-state index in [-0.39, 0.29) is 11.9 Å². The molecule has 1 amide bonds. The molecule has 0 spiro atoms. The maximum atomic E-state index is 12.4. The van der Waals surface area contributed by atoms with Gasteiger partial charge in [-0.3, -0.25) is 4.79 Å². The first-order chi connectivity index (χ1) is 10.2. The zero-order valence-electron chi connectivity index (χ0n) is 11.9. The Balaban J connectivity index is 2.09. The van der Waals surface area contributed by atoms with Crippen LogP contribution in [0.2, 0.25) is 0 Å². The van der Waals surface area contributed by atoms with Crippen molar-refractivity contribution in [1.82, 2.24) is 5.32 Å². The normalized spacial score (nSPS) is 17.8. The Kier molecular flexibility index (Phi) is 2.48. The van der Waals surface area contributed by atoms with Crippen molar-refractivity contribution in [2.45, 2.75) is 12.5 Å². The highest BCUT2D eigenvalue weighted by Crippen LogP contribution is 2.49. The largest absolute Gasteiger partial charge is 0.493 e. The number of nitrogens with one attached hydrogen (secondary N) is 1. The summed E-state index contributed by atoms with van der Waals surface area (Å²) < 4.78 is 10.8. The highest BCUT2D eigenvalue weighted by Gasteiger charge is 2.39. The predicted octanol–water partition coefficient (Wildman–Crippen LogP) is 2.71. The Morgan fingerprint density at radius 2 is 1.95 bits per heavy atom. The molecule has 4 rings (SSSR count). The quantitative estimate of drug-likeness (QED) is 0.920. The number of amides is 1. The number of carbonyl (C=O) groups excluding carboxylic acids is 1. The van der Waals surface area contributed by atoms with Crippen molar-refractivity contribution in [1.29, 1.82) is 0 Å². The van der Waals surface area contributed by atoms with E-state index >= 15 is 0 Å². The number of hydrogen-bond acceptors (Lipinski definition) is 3. The molecule has 2 aliphatic rings. The average Bonchev–Trinajstić information content (AvgIpc) is 2.84. The number of hydrogen-bond donors (Lipinski definition) is 1. The summed E-state index contributed by atoms with van der Waals surface area (Å²) in [7, 11) is 3.16. The van der Waals surface area contributed by atoms with Gasteiger partial charge in [-0.15, -0.1) is 0 Å². The van der Waals surface area contributed by atoms with Crippen LogP contribution in [0.5, 0.6) is 11.5 Å². The fourth-order valence-electron chi connectivity index (χ4n) is 3.46. The summed E-state index contributed by atoms with van der Waals surface area (Å²) in [6.07, 6.45) is 0.817. The van der Waals surface area contributed by atoms with Crippen LogP contribution in [0.25, 0.3) is 11.1 Å². The molecule has 1 N–H and O–H groups in total. The van der Waals surface area contributed by atoms with Crippen molar-refractivity contribution >= 4 is 5.91 Å². The molecule has 0 saturated carbocycles. The number of rotatable bonds is 2. The van der Waals surface area contributed by atoms with Gasteiger partial charge in [-0.1, -0.05) is 24.3 Å². The van der Waals surface area contributed by atoms with E-state index in [9.17, 15) is 4.79 Å². The summed E-state index contributed by atoms with van der Waals surface area (Å²) in [6, 6.07) is 10.3. The zero-order chi connectivity index (χ0) is 14.6. The molecule has 0 aromatic heterocycles. The number of fused-ring (bicyclic) bond motifs is 2. The van der Waals surface area contributed by atoms with Gasteiger partial charge in [0.25, 0.3) is 5.91 Å². The van der Waals surface area contributed by atoms with Gasteiger partial charge in [0.15, 0.2) is 11.5 Å². The van der Waals surface area contributed by atoms with Crippen LogP contribution in [-0.2, 0) is 6.42 Å². The van der Waals surface area contributed by atoms with Gasteiger partial charge in [-0.2, -0.15) is 0 Å². The topological polar surface area (TPSA) is 47.6 Å². The lowest BCUT2D eigenvalue weighted by atomic mass is 9.82. The first-order valence-electron chi connectivity index (χ1n) is 6.92. The number of benzene rings is 2. The molecule has 1 heterocycles. The standard InChI is InChI=1S/C17H15NO3/c1-20-13-8-11-10-6-4-3-5-9(10)7-12-14(11)15(16(13)21-2)17(19)18-12/h3-6,8,12H,7H2,1-2H3,(H,18,19)/t12-/m0/s1. The Bertz CT molecular complexity index is 767. The van der Waals surface area contributed by atoms with Crippen molar-refractivity contribution in [2.24, 2.45) is 0 Å². The SMILES string of the molecule is COc1cc2c3c(c1OC)C(=O)N[C@H]3Cc1ccccc1-2. The summed E-state index contributed by atoms with van der Waals surface area (Å²) in [5.41, 5.74) is 5.13. The van der Waals surface area contributed by atoms with Crippen LogP contribution < -0.4 is 14.8 Å². The van der Waals surface area contributed by atoms with Crippen molar-refractivity contribution in [3.05, 3.63) is 47.0 Å². The summed E-state index contributed by atoms with van der Waals surface area (Å²) in [5.74, 6) is 1.04. The van der Waals surface area contributed by atoms with Gasteiger partial charge < -0.3 is 14.8 Å². The van der Waals surface area contributed by atoms with Gasteiger partial charge in [0, 0.05) is 0 Å². The van der Waals surface area contributed by atoms with E-state index in [0.717, 1.165) is 17.5 Å². The highest BCUT2D eigenvalue weighted by atomic mass is 16.5. The smallest absolute Gasteiger partial charge is 0.256 e. The lowest BCUT2D eigenvalue weighted by Gasteiger charge is -2.25. The molecule has 1 atom stereocenters. The van der Waals surface area contributed by atoms with E-state index in [4.69, 9.17) is 9.47 Å². The number of methoxy groups -OCH3 is 2. The minimum absolute atomic E-state index is 0.0252. The molecule has 4 heteroatoms. The summed E-state index contributed by atoms with van der Waals surface area (Å²) in [4.78, 5) is 12.4. The lowest BCUT2D eigenvalue weighted by Crippen LogP contribution is -2.22. The van der Waals surface area contributed by atoms with Gasteiger partial charge >= 0.3 is 0 Å². The van der Waals surface area contributed by atoms with Gasteiger partial charge in [0.2, 0.25) is 0 Å². The molecule has 0 radical (unpaired) electrons. The van der Waals surface area contributed by atoms with Crippen LogP contribution in [-0.4, -0.2) is 20.1 Å². The third-order valence-electron chi connectivity index (χ3n) is 4.32. The Hall–Kier alpha value is -2.49. The van der Waals surface area contributed by atoms with E-state index in [1.165, 1.54) is 11.1 Å². The van der Waals surface area contributed by atoms with Crippen LogP contribution in [0, 0.1) is 0 Å². The van der Waals surface area contributed by atoms with E-state index in [1.807, 2.05) is 18.2 Å². The minimum atomic E-state index is -0.0835. The van der Waals surface area contributed by atoms with Crippen LogP contribution in [0.3, 0.4) is 0 Å². The molecule has 2 aromatic carbocycles. The van der Waals surface area contributed by atoms with Crippen LogP contribution in [0.15, 0.2) is 30.3 Å². The number of ether oxygens (including phenoxy) is 2. The third kappa shape index (κ3) is 1.53.